The summed E-state index contributed by atoms with van der Waals surface area (Å²) in [5, 5.41) is 0.574. The number of halogens is 1. The molecule has 0 aliphatic carbocycles. The molecule has 8 heteroatoms. The van der Waals surface area contributed by atoms with E-state index in [-0.39, 0.29) is 30.6 Å². The lowest BCUT2D eigenvalue weighted by Gasteiger charge is -2.23. The fourth-order valence-corrected chi connectivity index (χ4v) is 4.25. The van der Waals surface area contributed by atoms with Crippen LogP contribution in [-0.4, -0.2) is 56.4 Å². The summed E-state index contributed by atoms with van der Waals surface area (Å²) in [6, 6.07) is 6.41. The van der Waals surface area contributed by atoms with Crippen molar-refractivity contribution in [2.75, 3.05) is 25.2 Å². The largest absolute Gasteiger partial charge is 0.455 e. The normalized spacial score (nSPS) is 19.3. The zero-order chi connectivity index (χ0) is 17.0. The molecule has 0 N–H and O–H groups in total. The van der Waals surface area contributed by atoms with Gasteiger partial charge in [-0.05, 0) is 24.1 Å². The average molecular weight is 360 g/mol. The van der Waals surface area contributed by atoms with Gasteiger partial charge < -0.3 is 9.64 Å². The van der Waals surface area contributed by atoms with Crippen molar-refractivity contribution < 1.29 is 22.7 Å². The van der Waals surface area contributed by atoms with Gasteiger partial charge in [0.05, 0.1) is 17.9 Å². The number of ether oxygens (including phenoxy) is 1. The smallest absolute Gasteiger partial charge is 0.310 e. The third-order valence-electron chi connectivity index (χ3n) is 3.77. The van der Waals surface area contributed by atoms with E-state index in [1.807, 2.05) is 0 Å². The van der Waals surface area contributed by atoms with Crippen LogP contribution in [0, 0.1) is 0 Å². The SMILES string of the molecule is CN(C(=O)COC(=O)Cc1ccc(Cl)cc1)C1CCS(=O)(=O)C1. The molecule has 1 atom stereocenters. The first-order valence-electron chi connectivity index (χ1n) is 7.13. The molecule has 1 aromatic carbocycles. The van der Waals surface area contributed by atoms with Crippen LogP contribution in [0.3, 0.4) is 0 Å². The Morgan fingerprint density at radius 2 is 1.96 bits per heavy atom. The van der Waals surface area contributed by atoms with E-state index in [2.05, 4.69) is 0 Å². The zero-order valence-corrected chi connectivity index (χ0v) is 14.3. The van der Waals surface area contributed by atoms with Crippen molar-refractivity contribution in [1.82, 2.24) is 4.90 Å². The Kier molecular flexibility index (Phi) is 5.64. The van der Waals surface area contributed by atoms with Crippen molar-refractivity contribution in [3.05, 3.63) is 34.9 Å². The number of likely N-dealkylation sites (N-methyl/N-ethyl adjacent to an activating group) is 1. The second kappa shape index (κ2) is 7.31. The molecule has 0 radical (unpaired) electrons. The van der Waals surface area contributed by atoms with Crippen molar-refractivity contribution in [2.24, 2.45) is 0 Å². The molecule has 1 aromatic rings. The monoisotopic (exact) mass is 359 g/mol. The molecule has 0 saturated carbocycles. The van der Waals surface area contributed by atoms with E-state index in [4.69, 9.17) is 16.3 Å². The molecular formula is C15H18ClNO5S. The lowest BCUT2D eigenvalue weighted by atomic mass is 10.1. The molecule has 1 aliphatic heterocycles. The molecule has 0 aromatic heterocycles. The molecule has 23 heavy (non-hydrogen) atoms. The number of benzene rings is 1. The Hall–Kier alpha value is -1.60. The summed E-state index contributed by atoms with van der Waals surface area (Å²) >= 11 is 5.76. The number of sulfone groups is 1. The molecule has 126 valence electrons. The van der Waals surface area contributed by atoms with Crippen molar-refractivity contribution >= 4 is 33.3 Å². The highest BCUT2D eigenvalue weighted by Gasteiger charge is 2.32. The van der Waals surface area contributed by atoms with Crippen LogP contribution in [0.25, 0.3) is 0 Å². The Morgan fingerprint density at radius 3 is 2.52 bits per heavy atom. The van der Waals surface area contributed by atoms with Crippen LogP contribution >= 0.6 is 11.6 Å². The molecule has 0 bridgehead atoms. The predicted molar refractivity (Wildman–Crippen MR) is 85.9 cm³/mol. The van der Waals surface area contributed by atoms with Crippen molar-refractivity contribution in [1.29, 1.82) is 0 Å². The van der Waals surface area contributed by atoms with Gasteiger partial charge in [0.2, 0.25) is 0 Å². The quantitative estimate of drug-likeness (QED) is 0.735. The fourth-order valence-electron chi connectivity index (χ4n) is 2.35. The standard InChI is InChI=1S/C15H18ClNO5S/c1-17(13-6-7-23(20,21)10-13)14(18)9-22-15(19)8-11-2-4-12(16)5-3-11/h2-5,13H,6-10H2,1H3. The zero-order valence-electron chi connectivity index (χ0n) is 12.7. The highest BCUT2D eigenvalue weighted by molar-refractivity contribution is 7.91. The van der Waals surface area contributed by atoms with Gasteiger partial charge in [0.15, 0.2) is 16.4 Å². The summed E-state index contributed by atoms with van der Waals surface area (Å²) in [7, 11) is -1.53. The summed E-state index contributed by atoms with van der Waals surface area (Å²) < 4.78 is 27.8. The number of amides is 1. The number of nitrogens with zero attached hydrogens (tertiary/aromatic N) is 1. The summed E-state index contributed by atoms with van der Waals surface area (Å²) in [5.41, 5.74) is 0.738. The van der Waals surface area contributed by atoms with Gasteiger partial charge >= 0.3 is 5.97 Å². The first-order chi connectivity index (χ1) is 10.8. The van der Waals surface area contributed by atoms with Gasteiger partial charge in [-0.2, -0.15) is 0 Å². The molecule has 1 amide bonds. The Balaban J connectivity index is 1.79. The molecule has 1 heterocycles. The van der Waals surface area contributed by atoms with Crippen LogP contribution in [0.15, 0.2) is 24.3 Å². The van der Waals surface area contributed by atoms with E-state index < -0.39 is 21.7 Å². The van der Waals surface area contributed by atoms with E-state index in [0.29, 0.717) is 11.4 Å². The highest BCUT2D eigenvalue weighted by atomic mass is 35.5. The summed E-state index contributed by atoms with van der Waals surface area (Å²) in [6.07, 6.45) is 0.468. The summed E-state index contributed by atoms with van der Waals surface area (Å²) in [4.78, 5) is 25.1. The molecule has 1 aliphatic rings. The maximum Gasteiger partial charge on any atom is 0.310 e. The third kappa shape index (κ3) is 5.21. The average Bonchev–Trinajstić information content (AvgIpc) is 2.86. The van der Waals surface area contributed by atoms with Crippen molar-refractivity contribution in [2.45, 2.75) is 18.9 Å². The van der Waals surface area contributed by atoms with E-state index in [9.17, 15) is 18.0 Å². The Morgan fingerprint density at radius 1 is 1.30 bits per heavy atom. The van der Waals surface area contributed by atoms with E-state index in [1.54, 1.807) is 24.3 Å². The minimum atomic E-state index is -3.06. The Bertz CT molecular complexity index is 686. The van der Waals surface area contributed by atoms with Crippen LogP contribution in [0.2, 0.25) is 5.02 Å². The van der Waals surface area contributed by atoms with Gasteiger partial charge in [-0.15, -0.1) is 0 Å². The molecule has 1 fully saturated rings. The topological polar surface area (TPSA) is 80.8 Å². The lowest BCUT2D eigenvalue weighted by Crippen LogP contribution is -2.40. The first-order valence-corrected chi connectivity index (χ1v) is 9.33. The number of hydrogen-bond acceptors (Lipinski definition) is 5. The van der Waals surface area contributed by atoms with Gasteiger partial charge in [0, 0.05) is 18.1 Å². The van der Waals surface area contributed by atoms with Gasteiger partial charge in [-0.1, -0.05) is 23.7 Å². The van der Waals surface area contributed by atoms with Gasteiger partial charge in [0.25, 0.3) is 5.91 Å². The second-order valence-electron chi connectivity index (χ2n) is 5.53. The van der Waals surface area contributed by atoms with Gasteiger partial charge in [0.1, 0.15) is 0 Å². The van der Waals surface area contributed by atoms with E-state index in [1.165, 1.54) is 11.9 Å². The molecule has 1 saturated heterocycles. The minimum Gasteiger partial charge on any atom is -0.455 e. The highest BCUT2D eigenvalue weighted by Crippen LogP contribution is 2.16. The summed E-state index contributed by atoms with van der Waals surface area (Å²) in [5.74, 6) is -0.871. The van der Waals surface area contributed by atoms with Crippen LogP contribution in [-0.2, 0) is 30.6 Å². The van der Waals surface area contributed by atoms with Gasteiger partial charge in [-0.25, -0.2) is 8.42 Å². The van der Waals surface area contributed by atoms with Gasteiger partial charge in [-0.3, -0.25) is 9.59 Å². The van der Waals surface area contributed by atoms with Crippen LogP contribution in [0.4, 0.5) is 0 Å². The maximum absolute atomic E-state index is 12.0. The molecule has 6 nitrogen and oxygen atoms in total. The second-order valence-corrected chi connectivity index (χ2v) is 8.19. The number of carbonyl (C=O) groups is 2. The molecule has 0 spiro atoms. The predicted octanol–water partition coefficient (Wildman–Crippen LogP) is 1.07. The minimum absolute atomic E-state index is 0.0338. The van der Waals surface area contributed by atoms with Crippen LogP contribution < -0.4 is 0 Å². The van der Waals surface area contributed by atoms with Crippen molar-refractivity contribution in [3.63, 3.8) is 0 Å². The van der Waals surface area contributed by atoms with E-state index >= 15 is 0 Å². The van der Waals surface area contributed by atoms with Crippen molar-refractivity contribution in [3.8, 4) is 0 Å². The van der Waals surface area contributed by atoms with E-state index in [0.717, 1.165) is 5.56 Å². The number of rotatable bonds is 5. The Labute approximate surface area is 140 Å². The van der Waals surface area contributed by atoms with Crippen LogP contribution in [0.5, 0.6) is 0 Å². The maximum atomic E-state index is 12.0. The number of carbonyl (C=O) groups excluding carboxylic acids is 2. The molecule has 1 unspecified atom stereocenters. The lowest BCUT2D eigenvalue weighted by molar-refractivity contribution is -0.151. The number of hydrogen-bond donors (Lipinski definition) is 0. The summed E-state index contributed by atoms with van der Waals surface area (Å²) in [6.45, 7) is -0.389. The molecule has 2 rings (SSSR count). The molecular weight excluding hydrogens is 342 g/mol. The third-order valence-corrected chi connectivity index (χ3v) is 5.77. The fraction of sp³-hybridized carbons (Fsp3) is 0.467. The first kappa shape index (κ1) is 17.7. The van der Waals surface area contributed by atoms with Crippen LogP contribution in [0.1, 0.15) is 12.0 Å². The number of esters is 1.